The molecule has 2 bridgehead atoms. The highest BCUT2D eigenvalue weighted by atomic mass is 16.5. The summed E-state index contributed by atoms with van der Waals surface area (Å²) in [5, 5.41) is 0. The minimum atomic E-state index is 0.475. The number of rotatable bonds is 2. The Morgan fingerprint density at radius 2 is 1.87 bits per heavy atom. The highest BCUT2D eigenvalue weighted by Gasteiger charge is 2.47. The number of allylic oxidation sites excluding steroid dienone is 1. The maximum Gasteiger partial charge on any atom is 0.0437 e. The molecule has 0 aromatic carbocycles. The Morgan fingerprint density at radius 1 is 1.27 bits per heavy atom. The number of hydrogen-bond acceptors (Lipinski definition) is 1. The molecule has 0 radical (unpaired) electrons. The Labute approximate surface area is 94.9 Å². The van der Waals surface area contributed by atoms with Crippen LogP contribution in [0.25, 0.3) is 0 Å². The van der Waals surface area contributed by atoms with Crippen LogP contribution in [0.4, 0.5) is 0 Å². The molecule has 1 nitrogen and oxygen atoms in total. The lowest BCUT2D eigenvalue weighted by molar-refractivity contribution is 0.162. The van der Waals surface area contributed by atoms with E-state index in [1.54, 1.807) is 0 Å². The molecule has 2 atom stereocenters. The Kier molecular flexibility index (Phi) is 4.39. The van der Waals surface area contributed by atoms with Gasteiger partial charge < -0.3 is 4.74 Å². The lowest BCUT2D eigenvalue weighted by Gasteiger charge is -2.31. The number of ether oxygens (including phenoxy) is 1. The molecule has 1 heteroatoms. The van der Waals surface area contributed by atoms with E-state index >= 15 is 0 Å². The predicted molar refractivity (Wildman–Crippen MR) is 65.9 cm³/mol. The summed E-state index contributed by atoms with van der Waals surface area (Å²) >= 11 is 0. The van der Waals surface area contributed by atoms with Crippen molar-refractivity contribution >= 4 is 0 Å². The summed E-state index contributed by atoms with van der Waals surface area (Å²) in [6, 6.07) is 0. The zero-order valence-corrected chi connectivity index (χ0v) is 10.8. The summed E-state index contributed by atoms with van der Waals surface area (Å²) in [7, 11) is 0. The van der Waals surface area contributed by atoms with Crippen LogP contribution in [0.5, 0.6) is 0 Å². The average molecular weight is 210 g/mol. The molecular formula is C14H26O. The second kappa shape index (κ2) is 5.16. The molecule has 0 heterocycles. The van der Waals surface area contributed by atoms with Gasteiger partial charge in [-0.05, 0) is 50.4 Å². The van der Waals surface area contributed by atoms with E-state index in [0.29, 0.717) is 5.41 Å². The minimum absolute atomic E-state index is 0.475. The van der Waals surface area contributed by atoms with E-state index in [-0.39, 0.29) is 0 Å². The van der Waals surface area contributed by atoms with Crippen molar-refractivity contribution in [1.82, 2.24) is 0 Å². The van der Waals surface area contributed by atoms with Crippen molar-refractivity contribution in [3.8, 4) is 0 Å². The van der Waals surface area contributed by atoms with Crippen LogP contribution >= 0.6 is 0 Å². The molecule has 2 aliphatic rings. The van der Waals surface area contributed by atoms with Crippen LogP contribution in [0.2, 0.25) is 0 Å². The Balaban J connectivity index is 0.000000195. The van der Waals surface area contributed by atoms with Gasteiger partial charge in [0.05, 0.1) is 0 Å². The third-order valence-corrected chi connectivity index (χ3v) is 4.18. The quantitative estimate of drug-likeness (QED) is 0.625. The van der Waals surface area contributed by atoms with Crippen LogP contribution in [0.3, 0.4) is 0 Å². The van der Waals surface area contributed by atoms with Gasteiger partial charge in [0.15, 0.2) is 0 Å². The topological polar surface area (TPSA) is 9.23 Å². The molecule has 2 fully saturated rings. The summed E-state index contributed by atoms with van der Waals surface area (Å²) in [5.74, 6) is 1.85. The summed E-state index contributed by atoms with van der Waals surface area (Å²) in [6.07, 6.45) is 4.31. The van der Waals surface area contributed by atoms with Crippen molar-refractivity contribution in [2.45, 2.75) is 47.0 Å². The van der Waals surface area contributed by atoms with Gasteiger partial charge in [0.1, 0.15) is 0 Å². The fourth-order valence-corrected chi connectivity index (χ4v) is 2.95. The maximum absolute atomic E-state index is 4.83. The van der Waals surface area contributed by atoms with Gasteiger partial charge in [-0.3, -0.25) is 0 Å². The Bertz CT molecular complexity index is 215. The second-order valence-corrected chi connectivity index (χ2v) is 5.24. The largest absolute Gasteiger partial charge is 0.382 e. The lowest BCUT2D eigenvalue weighted by Crippen LogP contribution is -2.21. The summed E-state index contributed by atoms with van der Waals surface area (Å²) in [4.78, 5) is 0. The first-order valence-corrected chi connectivity index (χ1v) is 6.31. The van der Waals surface area contributed by atoms with Crippen molar-refractivity contribution in [1.29, 1.82) is 0 Å². The first-order chi connectivity index (χ1) is 7.04. The zero-order valence-electron chi connectivity index (χ0n) is 10.8. The Morgan fingerprint density at radius 3 is 2.07 bits per heavy atom. The molecule has 0 N–H and O–H groups in total. The summed E-state index contributed by atoms with van der Waals surface area (Å²) in [5.41, 5.74) is 2.01. The van der Waals surface area contributed by atoms with Crippen molar-refractivity contribution in [3.05, 3.63) is 12.2 Å². The first-order valence-electron chi connectivity index (χ1n) is 6.31. The van der Waals surface area contributed by atoms with E-state index in [1.807, 2.05) is 13.8 Å². The van der Waals surface area contributed by atoms with Crippen molar-refractivity contribution < 1.29 is 4.74 Å². The molecule has 0 aromatic heterocycles. The van der Waals surface area contributed by atoms with Crippen LogP contribution in [0, 0.1) is 17.3 Å². The molecule has 88 valence electrons. The molecular weight excluding hydrogens is 184 g/mol. The van der Waals surface area contributed by atoms with Crippen molar-refractivity contribution in [2.75, 3.05) is 13.2 Å². The van der Waals surface area contributed by atoms with Crippen LogP contribution in [0.15, 0.2) is 12.2 Å². The molecule has 0 spiro atoms. The molecule has 0 saturated heterocycles. The van der Waals surface area contributed by atoms with Gasteiger partial charge in [0.25, 0.3) is 0 Å². The van der Waals surface area contributed by atoms with Gasteiger partial charge in [-0.1, -0.05) is 26.0 Å². The minimum Gasteiger partial charge on any atom is -0.382 e. The summed E-state index contributed by atoms with van der Waals surface area (Å²) in [6.45, 7) is 14.6. The van der Waals surface area contributed by atoms with Crippen molar-refractivity contribution in [2.24, 2.45) is 17.3 Å². The molecule has 0 aromatic rings. The van der Waals surface area contributed by atoms with Crippen LogP contribution in [-0.2, 0) is 4.74 Å². The molecule has 2 saturated carbocycles. The third-order valence-electron chi connectivity index (χ3n) is 4.18. The number of hydrogen-bond donors (Lipinski definition) is 0. The average Bonchev–Trinajstić information content (AvgIpc) is 2.73. The fourth-order valence-electron chi connectivity index (χ4n) is 2.95. The van der Waals surface area contributed by atoms with E-state index in [4.69, 9.17) is 4.74 Å². The van der Waals surface area contributed by atoms with Gasteiger partial charge in [-0.15, -0.1) is 0 Å². The predicted octanol–water partition coefficient (Wildman–Crippen LogP) is 4.04. The summed E-state index contributed by atoms with van der Waals surface area (Å²) < 4.78 is 4.83. The Hall–Kier alpha value is -0.300. The fraction of sp³-hybridized carbons (Fsp3) is 0.857. The molecule has 2 rings (SSSR count). The van der Waals surface area contributed by atoms with Crippen LogP contribution in [-0.4, -0.2) is 13.2 Å². The molecule has 2 unspecified atom stereocenters. The second-order valence-electron chi connectivity index (χ2n) is 5.24. The van der Waals surface area contributed by atoms with E-state index in [9.17, 15) is 0 Å². The molecule has 15 heavy (non-hydrogen) atoms. The third kappa shape index (κ3) is 2.63. The van der Waals surface area contributed by atoms with Gasteiger partial charge in [-0.2, -0.15) is 0 Å². The van der Waals surface area contributed by atoms with Crippen LogP contribution < -0.4 is 0 Å². The van der Waals surface area contributed by atoms with E-state index < -0.39 is 0 Å². The smallest absolute Gasteiger partial charge is 0.0437 e. The highest BCUT2D eigenvalue weighted by molar-refractivity contribution is 5.22. The highest BCUT2D eigenvalue weighted by Crippen LogP contribution is 2.58. The molecule has 0 amide bonds. The monoisotopic (exact) mass is 210 g/mol. The lowest BCUT2D eigenvalue weighted by atomic mass is 9.73. The SMILES string of the molecule is C=C1C2CCC(C2)C1(C)C.CCOCC. The zero-order chi connectivity index (χ0) is 11.5. The van der Waals surface area contributed by atoms with Gasteiger partial charge in [0.2, 0.25) is 0 Å². The normalized spacial score (nSPS) is 31.3. The van der Waals surface area contributed by atoms with E-state index in [0.717, 1.165) is 25.0 Å². The maximum atomic E-state index is 4.83. The first kappa shape index (κ1) is 12.8. The van der Waals surface area contributed by atoms with E-state index in [2.05, 4.69) is 20.4 Å². The molecule has 2 aliphatic carbocycles. The van der Waals surface area contributed by atoms with Crippen LogP contribution in [0.1, 0.15) is 47.0 Å². The number of fused-ring (bicyclic) bond motifs is 2. The molecule has 0 aliphatic heterocycles. The van der Waals surface area contributed by atoms with E-state index in [1.165, 1.54) is 24.8 Å². The van der Waals surface area contributed by atoms with Crippen molar-refractivity contribution in [3.63, 3.8) is 0 Å². The van der Waals surface area contributed by atoms with Gasteiger partial charge in [0, 0.05) is 13.2 Å². The van der Waals surface area contributed by atoms with Gasteiger partial charge in [-0.25, -0.2) is 0 Å². The standard InChI is InChI=1S/C10H16.C4H10O/c1-7-8-4-5-9(6-8)10(7,2)3;1-3-5-4-2/h8-9H,1,4-6H2,2-3H3;3-4H2,1-2H3. The van der Waals surface area contributed by atoms with Gasteiger partial charge >= 0.3 is 0 Å².